The lowest BCUT2D eigenvalue weighted by Crippen LogP contribution is -2.53. The van der Waals surface area contributed by atoms with E-state index in [9.17, 15) is 4.79 Å². The van der Waals surface area contributed by atoms with Crippen LogP contribution >= 0.6 is 0 Å². The molecule has 0 aromatic heterocycles. The topological polar surface area (TPSA) is 67.6 Å². The normalized spacial score (nSPS) is 25.0. The van der Waals surface area contributed by atoms with Crippen LogP contribution in [0.1, 0.15) is 19.8 Å². The molecule has 1 heterocycles. The number of rotatable bonds is 6. The van der Waals surface area contributed by atoms with E-state index >= 15 is 0 Å². The average Bonchev–Trinajstić information content (AvgIpc) is 2.34. The predicted molar refractivity (Wildman–Crippen MR) is 67.7 cm³/mol. The molecular formula is C12H25N3O2. The number of carbonyl (C=O) groups excluding carboxylic acids is 1. The van der Waals surface area contributed by atoms with Crippen molar-refractivity contribution < 1.29 is 9.53 Å². The van der Waals surface area contributed by atoms with Crippen molar-refractivity contribution in [2.45, 2.75) is 25.8 Å². The number of methoxy groups -OCH3 is 1. The van der Waals surface area contributed by atoms with Crippen molar-refractivity contribution in [3.05, 3.63) is 0 Å². The highest BCUT2D eigenvalue weighted by molar-refractivity contribution is 5.78. The van der Waals surface area contributed by atoms with Crippen LogP contribution in [-0.4, -0.2) is 56.7 Å². The molecule has 0 radical (unpaired) electrons. The van der Waals surface area contributed by atoms with Crippen LogP contribution in [0.2, 0.25) is 0 Å². The highest BCUT2D eigenvalue weighted by Gasteiger charge is 2.30. The first-order chi connectivity index (χ1) is 8.20. The van der Waals surface area contributed by atoms with Crippen molar-refractivity contribution in [3.63, 3.8) is 0 Å². The molecule has 0 aromatic carbocycles. The van der Waals surface area contributed by atoms with Crippen LogP contribution in [0.5, 0.6) is 0 Å². The molecule has 1 rings (SSSR count). The van der Waals surface area contributed by atoms with Gasteiger partial charge in [0.1, 0.15) is 0 Å². The lowest BCUT2D eigenvalue weighted by molar-refractivity contribution is -0.135. The van der Waals surface area contributed by atoms with E-state index in [0.717, 1.165) is 13.0 Å². The molecule has 1 amide bonds. The molecule has 0 unspecified atom stereocenters. The zero-order valence-electron chi connectivity index (χ0n) is 10.9. The Morgan fingerprint density at radius 2 is 2.35 bits per heavy atom. The molecule has 17 heavy (non-hydrogen) atoms. The summed E-state index contributed by atoms with van der Waals surface area (Å²) in [6, 6.07) is 0.209. The fraction of sp³-hybridized carbons (Fsp3) is 0.917. The zero-order chi connectivity index (χ0) is 12.7. The number of carbonyl (C=O) groups is 1. The Bertz CT molecular complexity index is 236. The third-order valence-electron chi connectivity index (χ3n) is 3.44. The van der Waals surface area contributed by atoms with Crippen LogP contribution in [0.15, 0.2) is 0 Å². The number of nitrogens with two attached hydrogens (primary N) is 1. The predicted octanol–water partition coefficient (Wildman–Crippen LogP) is -0.192. The Kier molecular flexibility index (Phi) is 6.47. The minimum atomic E-state index is 0.156. The molecule has 1 saturated heterocycles. The molecule has 0 saturated carbocycles. The molecule has 5 heteroatoms. The summed E-state index contributed by atoms with van der Waals surface area (Å²) in [5.74, 6) is 0.666. The smallest absolute Gasteiger partial charge is 0.236 e. The molecular weight excluding hydrogens is 218 g/mol. The molecule has 5 nitrogen and oxygen atoms in total. The molecule has 2 atom stereocenters. The van der Waals surface area contributed by atoms with Gasteiger partial charge in [-0.25, -0.2) is 0 Å². The summed E-state index contributed by atoms with van der Waals surface area (Å²) in [7, 11) is 1.65. The largest absolute Gasteiger partial charge is 0.383 e. The Morgan fingerprint density at radius 3 is 3.00 bits per heavy atom. The van der Waals surface area contributed by atoms with Crippen LogP contribution in [-0.2, 0) is 9.53 Å². The fourth-order valence-corrected chi connectivity index (χ4v) is 2.39. The number of nitrogens with zero attached hydrogens (tertiary/aromatic N) is 1. The fourth-order valence-electron chi connectivity index (χ4n) is 2.39. The number of amides is 1. The van der Waals surface area contributed by atoms with Crippen molar-refractivity contribution >= 4 is 5.91 Å². The van der Waals surface area contributed by atoms with Crippen molar-refractivity contribution in [2.75, 3.05) is 39.9 Å². The van der Waals surface area contributed by atoms with E-state index in [1.54, 1.807) is 7.11 Å². The van der Waals surface area contributed by atoms with Gasteiger partial charge < -0.3 is 20.7 Å². The van der Waals surface area contributed by atoms with Crippen LogP contribution in [0.4, 0.5) is 0 Å². The molecule has 1 aliphatic rings. The average molecular weight is 243 g/mol. The van der Waals surface area contributed by atoms with Gasteiger partial charge in [-0.15, -0.1) is 0 Å². The second kappa shape index (κ2) is 7.63. The molecule has 0 aliphatic carbocycles. The van der Waals surface area contributed by atoms with Crippen molar-refractivity contribution in [2.24, 2.45) is 11.7 Å². The second-order valence-corrected chi connectivity index (χ2v) is 4.68. The van der Waals surface area contributed by atoms with Crippen molar-refractivity contribution in [1.82, 2.24) is 10.2 Å². The summed E-state index contributed by atoms with van der Waals surface area (Å²) in [6.07, 6.45) is 2.25. The number of hydrogen-bond acceptors (Lipinski definition) is 4. The molecule has 100 valence electrons. The van der Waals surface area contributed by atoms with E-state index in [2.05, 4.69) is 12.2 Å². The molecule has 0 spiro atoms. The van der Waals surface area contributed by atoms with Crippen LogP contribution in [0, 0.1) is 5.92 Å². The van der Waals surface area contributed by atoms with Gasteiger partial charge in [0, 0.05) is 32.8 Å². The Hall–Kier alpha value is -0.650. The standard InChI is InChI=1S/C12H25N3O2/c1-10-4-3-6-15(11(10)8-13)12(16)9-14-5-7-17-2/h10-11,14H,3-9,13H2,1-2H3/t10-,11+/m1/s1. The summed E-state index contributed by atoms with van der Waals surface area (Å²) in [5, 5.41) is 3.09. The van der Waals surface area contributed by atoms with Gasteiger partial charge in [0.05, 0.1) is 13.2 Å². The first-order valence-electron chi connectivity index (χ1n) is 6.40. The lowest BCUT2D eigenvalue weighted by Gasteiger charge is -2.39. The van der Waals surface area contributed by atoms with Gasteiger partial charge in [-0.2, -0.15) is 0 Å². The Labute approximate surface area is 104 Å². The quantitative estimate of drug-likeness (QED) is 0.634. The number of ether oxygens (including phenoxy) is 1. The maximum absolute atomic E-state index is 12.0. The van der Waals surface area contributed by atoms with Crippen LogP contribution in [0.25, 0.3) is 0 Å². The maximum Gasteiger partial charge on any atom is 0.236 e. The van der Waals surface area contributed by atoms with Crippen LogP contribution < -0.4 is 11.1 Å². The monoisotopic (exact) mass is 243 g/mol. The third kappa shape index (κ3) is 4.26. The first-order valence-corrected chi connectivity index (χ1v) is 6.40. The number of nitrogens with one attached hydrogen (secondary N) is 1. The maximum atomic E-state index is 12.0. The third-order valence-corrected chi connectivity index (χ3v) is 3.44. The summed E-state index contributed by atoms with van der Waals surface area (Å²) in [5.41, 5.74) is 5.76. The second-order valence-electron chi connectivity index (χ2n) is 4.68. The van der Waals surface area contributed by atoms with Gasteiger partial charge in [-0.3, -0.25) is 4.79 Å². The van der Waals surface area contributed by atoms with E-state index < -0.39 is 0 Å². The highest BCUT2D eigenvalue weighted by atomic mass is 16.5. The Balaban J connectivity index is 2.37. The van der Waals surface area contributed by atoms with Crippen molar-refractivity contribution in [3.8, 4) is 0 Å². The van der Waals surface area contributed by atoms with Gasteiger partial charge in [-0.1, -0.05) is 6.92 Å². The lowest BCUT2D eigenvalue weighted by atomic mass is 9.91. The van der Waals surface area contributed by atoms with E-state index in [1.807, 2.05) is 4.90 Å². The molecule has 1 aliphatic heterocycles. The van der Waals surface area contributed by atoms with E-state index in [1.165, 1.54) is 6.42 Å². The number of likely N-dealkylation sites (tertiary alicyclic amines) is 1. The molecule has 3 N–H and O–H groups in total. The summed E-state index contributed by atoms with van der Waals surface area (Å²) >= 11 is 0. The zero-order valence-corrected chi connectivity index (χ0v) is 10.9. The van der Waals surface area contributed by atoms with E-state index in [4.69, 9.17) is 10.5 Å². The number of piperidine rings is 1. The summed E-state index contributed by atoms with van der Waals surface area (Å²) < 4.78 is 4.92. The van der Waals surface area contributed by atoms with Gasteiger partial charge in [0.2, 0.25) is 5.91 Å². The van der Waals surface area contributed by atoms with E-state index in [0.29, 0.717) is 32.2 Å². The molecule has 0 aromatic rings. The summed E-state index contributed by atoms with van der Waals surface area (Å²) in [6.45, 7) is 5.30. The minimum absolute atomic E-state index is 0.156. The van der Waals surface area contributed by atoms with Gasteiger partial charge in [0.15, 0.2) is 0 Å². The van der Waals surface area contributed by atoms with Gasteiger partial charge >= 0.3 is 0 Å². The first kappa shape index (κ1) is 14.4. The molecule has 0 bridgehead atoms. The Morgan fingerprint density at radius 1 is 1.59 bits per heavy atom. The SMILES string of the molecule is COCCNCC(=O)N1CCC[C@@H](C)[C@@H]1CN. The number of hydrogen-bond donors (Lipinski definition) is 2. The van der Waals surface area contributed by atoms with Crippen LogP contribution in [0.3, 0.4) is 0 Å². The molecule has 1 fully saturated rings. The van der Waals surface area contributed by atoms with Gasteiger partial charge in [0.25, 0.3) is 0 Å². The minimum Gasteiger partial charge on any atom is -0.383 e. The van der Waals surface area contributed by atoms with Crippen molar-refractivity contribution in [1.29, 1.82) is 0 Å². The van der Waals surface area contributed by atoms with E-state index in [-0.39, 0.29) is 11.9 Å². The van der Waals surface area contributed by atoms with Gasteiger partial charge in [-0.05, 0) is 18.8 Å². The summed E-state index contributed by atoms with van der Waals surface area (Å²) in [4.78, 5) is 14.0. The highest BCUT2D eigenvalue weighted by Crippen LogP contribution is 2.22.